The normalized spacial score (nSPS) is 13.9. The minimum Gasteiger partial charge on any atom is -0.324 e. The summed E-state index contributed by atoms with van der Waals surface area (Å²) in [7, 11) is 0. The number of hydrogen-bond donors (Lipinski definition) is 1. The number of benzene rings is 3. The molecule has 2 amide bonds. The van der Waals surface area contributed by atoms with E-state index in [2.05, 4.69) is 5.32 Å². The summed E-state index contributed by atoms with van der Waals surface area (Å²) in [5.41, 5.74) is 2.83. The molecule has 1 aliphatic rings. The van der Waals surface area contributed by atoms with Gasteiger partial charge in [0, 0.05) is 24.2 Å². The van der Waals surface area contributed by atoms with E-state index in [9.17, 15) is 14.0 Å². The van der Waals surface area contributed by atoms with Gasteiger partial charge >= 0.3 is 0 Å². The van der Waals surface area contributed by atoms with E-state index < -0.39 is 11.9 Å². The van der Waals surface area contributed by atoms with Gasteiger partial charge in [0.05, 0.1) is 5.02 Å². The first-order valence-corrected chi connectivity index (χ1v) is 9.59. The number of halogens is 2. The van der Waals surface area contributed by atoms with Crippen LogP contribution in [-0.2, 0) is 17.8 Å². The van der Waals surface area contributed by atoms with Crippen LogP contribution in [0.15, 0.2) is 72.8 Å². The Hall–Kier alpha value is -3.18. The van der Waals surface area contributed by atoms with Crippen molar-refractivity contribution in [2.24, 2.45) is 0 Å². The van der Waals surface area contributed by atoms with E-state index in [0.29, 0.717) is 24.2 Å². The Kier molecular flexibility index (Phi) is 5.32. The molecule has 6 heteroatoms. The fourth-order valence-corrected chi connectivity index (χ4v) is 3.69. The Morgan fingerprint density at radius 2 is 1.79 bits per heavy atom. The zero-order chi connectivity index (χ0) is 20.4. The topological polar surface area (TPSA) is 49.4 Å². The second kappa shape index (κ2) is 8.05. The lowest BCUT2D eigenvalue weighted by Crippen LogP contribution is -2.45. The van der Waals surface area contributed by atoms with E-state index in [-0.39, 0.29) is 16.8 Å². The van der Waals surface area contributed by atoms with Crippen molar-refractivity contribution < 1.29 is 14.0 Å². The van der Waals surface area contributed by atoms with E-state index in [1.807, 2.05) is 48.5 Å². The molecule has 0 saturated carbocycles. The Morgan fingerprint density at radius 1 is 1.07 bits per heavy atom. The van der Waals surface area contributed by atoms with Gasteiger partial charge in [-0.05, 0) is 35.4 Å². The van der Waals surface area contributed by atoms with Gasteiger partial charge in [0.2, 0.25) is 5.91 Å². The second-order valence-corrected chi connectivity index (χ2v) is 7.32. The van der Waals surface area contributed by atoms with Gasteiger partial charge < -0.3 is 10.2 Å². The highest BCUT2D eigenvalue weighted by Crippen LogP contribution is 2.27. The summed E-state index contributed by atoms with van der Waals surface area (Å²) in [6, 6.07) is 20.2. The lowest BCUT2D eigenvalue weighted by Gasteiger charge is -2.27. The molecule has 4 nitrogen and oxygen atoms in total. The second-order valence-electron chi connectivity index (χ2n) is 6.91. The first kappa shape index (κ1) is 19.2. The van der Waals surface area contributed by atoms with E-state index in [0.717, 1.165) is 11.1 Å². The molecule has 29 heavy (non-hydrogen) atoms. The molecule has 0 fully saturated rings. The average molecular weight is 409 g/mol. The molecule has 0 bridgehead atoms. The standard InChI is InChI=1S/C23H18ClFN2O2/c24-19-13-17(10-11-20(19)25)26-22(28)21(12-15-6-2-1-3-7-15)27-14-16-8-4-5-9-18(16)23(27)29/h1-11,13,21H,12,14H2,(H,26,28)/t21-/m0/s1. The average Bonchev–Trinajstić information content (AvgIpc) is 3.06. The van der Waals surface area contributed by atoms with Crippen LogP contribution in [0.5, 0.6) is 0 Å². The monoisotopic (exact) mass is 408 g/mol. The molecule has 146 valence electrons. The van der Waals surface area contributed by atoms with Gasteiger partial charge in [-0.1, -0.05) is 60.1 Å². The lowest BCUT2D eigenvalue weighted by molar-refractivity contribution is -0.120. The van der Waals surface area contributed by atoms with Crippen LogP contribution >= 0.6 is 11.6 Å². The molecule has 4 rings (SSSR count). The fraction of sp³-hybridized carbons (Fsp3) is 0.130. The summed E-state index contributed by atoms with van der Waals surface area (Å²) in [6.07, 6.45) is 0.362. The molecule has 0 spiro atoms. The van der Waals surface area contributed by atoms with E-state index in [1.54, 1.807) is 11.0 Å². The van der Waals surface area contributed by atoms with Crippen LogP contribution in [0.4, 0.5) is 10.1 Å². The summed E-state index contributed by atoms with van der Waals surface area (Å²) < 4.78 is 13.4. The molecule has 0 radical (unpaired) electrons. The summed E-state index contributed by atoms with van der Waals surface area (Å²) in [5, 5.41) is 2.69. The molecular weight excluding hydrogens is 391 g/mol. The molecule has 1 atom stereocenters. The lowest BCUT2D eigenvalue weighted by atomic mass is 10.0. The maximum absolute atomic E-state index is 13.4. The molecular formula is C23H18ClFN2O2. The van der Waals surface area contributed by atoms with Gasteiger partial charge in [0.15, 0.2) is 0 Å². The maximum Gasteiger partial charge on any atom is 0.255 e. The fourth-order valence-electron chi connectivity index (χ4n) is 3.51. The van der Waals surface area contributed by atoms with Crippen LogP contribution in [0.25, 0.3) is 0 Å². The predicted molar refractivity (Wildman–Crippen MR) is 110 cm³/mol. The Bertz CT molecular complexity index is 1070. The third-order valence-corrected chi connectivity index (χ3v) is 5.28. The number of anilines is 1. The third-order valence-electron chi connectivity index (χ3n) is 4.99. The number of hydrogen-bond acceptors (Lipinski definition) is 2. The molecule has 3 aromatic rings. The first-order valence-electron chi connectivity index (χ1n) is 9.21. The zero-order valence-electron chi connectivity index (χ0n) is 15.4. The van der Waals surface area contributed by atoms with Gasteiger partial charge in [-0.3, -0.25) is 9.59 Å². The van der Waals surface area contributed by atoms with Crippen LogP contribution < -0.4 is 5.32 Å². The molecule has 0 aromatic heterocycles. The molecule has 1 heterocycles. The molecule has 1 aliphatic heterocycles. The molecule has 3 aromatic carbocycles. The number of nitrogens with zero attached hydrogens (tertiary/aromatic N) is 1. The summed E-state index contributed by atoms with van der Waals surface area (Å²) in [4.78, 5) is 27.7. The van der Waals surface area contributed by atoms with Crippen molar-refractivity contribution in [1.29, 1.82) is 0 Å². The molecule has 0 saturated heterocycles. The van der Waals surface area contributed by atoms with Crippen LogP contribution in [-0.4, -0.2) is 22.8 Å². The third kappa shape index (κ3) is 4.00. The molecule has 0 aliphatic carbocycles. The van der Waals surface area contributed by atoms with E-state index in [4.69, 9.17) is 11.6 Å². The van der Waals surface area contributed by atoms with Crippen molar-refractivity contribution in [2.45, 2.75) is 19.0 Å². The number of amides is 2. The predicted octanol–water partition coefficient (Wildman–Crippen LogP) is 4.68. The van der Waals surface area contributed by atoms with E-state index in [1.165, 1.54) is 18.2 Å². The number of carbonyl (C=O) groups is 2. The Balaban J connectivity index is 1.62. The summed E-state index contributed by atoms with van der Waals surface area (Å²) in [5.74, 6) is -1.08. The summed E-state index contributed by atoms with van der Waals surface area (Å²) >= 11 is 5.83. The molecule has 0 unspecified atom stereocenters. The Labute approximate surface area is 172 Å². The number of carbonyl (C=O) groups excluding carboxylic acids is 2. The van der Waals surface area contributed by atoms with Gasteiger partial charge in [0.25, 0.3) is 5.91 Å². The van der Waals surface area contributed by atoms with Crippen LogP contribution in [0.3, 0.4) is 0 Å². The Morgan fingerprint density at radius 3 is 2.52 bits per heavy atom. The van der Waals surface area contributed by atoms with Crippen LogP contribution in [0.1, 0.15) is 21.5 Å². The van der Waals surface area contributed by atoms with Gasteiger partial charge in [-0.15, -0.1) is 0 Å². The van der Waals surface area contributed by atoms with Crippen molar-refractivity contribution in [1.82, 2.24) is 4.90 Å². The summed E-state index contributed by atoms with van der Waals surface area (Å²) in [6.45, 7) is 0.365. The van der Waals surface area contributed by atoms with Gasteiger partial charge in [-0.2, -0.15) is 0 Å². The van der Waals surface area contributed by atoms with Crippen LogP contribution in [0, 0.1) is 5.82 Å². The quantitative estimate of drug-likeness (QED) is 0.666. The van der Waals surface area contributed by atoms with Gasteiger partial charge in [-0.25, -0.2) is 4.39 Å². The highest BCUT2D eigenvalue weighted by molar-refractivity contribution is 6.31. The van der Waals surface area contributed by atoms with Crippen molar-refractivity contribution >= 4 is 29.1 Å². The minimum atomic E-state index is -0.721. The van der Waals surface area contributed by atoms with Crippen molar-refractivity contribution in [3.8, 4) is 0 Å². The number of rotatable bonds is 5. The first-order chi connectivity index (χ1) is 14.0. The van der Waals surface area contributed by atoms with Crippen molar-refractivity contribution in [2.75, 3.05) is 5.32 Å². The van der Waals surface area contributed by atoms with Crippen molar-refractivity contribution in [3.63, 3.8) is 0 Å². The highest BCUT2D eigenvalue weighted by Gasteiger charge is 2.36. The number of fused-ring (bicyclic) bond motifs is 1. The smallest absolute Gasteiger partial charge is 0.255 e. The van der Waals surface area contributed by atoms with Crippen molar-refractivity contribution in [3.05, 3.63) is 100 Å². The number of nitrogens with one attached hydrogen (secondary N) is 1. The maximum atomic E-state index is 13.4. The van der Waals surface area contributed by atoms with Crippen LogP contribution in [0.2, 0.25) is 5.02 Å². The zero-order valence-corrected chi connectivity index (χ0v) is 16.2. The largest absolute Gasteiger partial charge is 0.324 e. The van der Waals surface area contributed by atoms with E-state index >= 15 is 0 Å². The molecule has 1 N–H and O–H groups in total. The van der Waals surface area contributed by atoms with Gasteiger partial charge in [0.1, 0.15) is 11.9 Å². The minimum absolute atomic E-state index is 0.0768. The highest BCUT2D eigenvalue weighted by atomic mass is 35.5. The SMILES string of the molecule is O=C(Nc1ccc(F)c(Cl)c1)[C@H](Cc1ccccc1)N1Cc2ccccc2C1=O.